The molecule has 0 aliphatic heterocycles. The standard InChI is InChI=1S/C26H25N5O4S/c1-34-20-14-12-19(13-15-20)28-24(32)17-36-26-30-29-23(16-27-25(33)18-8-4-3-5-9-18)31(26)21-10-6-7-11-22(21)35-2/h3-15H,16-17H2,1-2H3,(H,27,33)(H,28,32). The van der Waals surface area contributed by atoms with E-state index in [1.54, 1.807) is 67.3 Å². The summed E-state index contributed by atoms with van der Waals surface area (Å²) in [6, 6.07) is 23.4. The Balaban J connectivity index is 1.52. The Labute approximate surface area is 212 Å². The van der Waals surface area contributed by atoms with Crippen molar-refractivity contribution < 1.29 is 19.1 Å². The summed E-state index contributed by atoms with van der Waals surface area (Å²) in [6.45, 7) is 0.136. The van der Waals surface area contributed by atoms with Gasteiger partial charge in [-0.15, -0.1) is 10.2 Å². The molecule has 0 saturated carbocycles. The molecule has 2 N–H and O–H groups in total. The Hall–Kier alpha value is -4.31. The van der Waals surface area contributed by atoms with Crippen molar-refractivity contribution in [2.45, 2.75) is 11.7 Å². The molecule has 10 heteroatoms. The highest BCUT2D eigenvalue weighted by Crippen LogP contribution is 2.29. The van der Waals surface area contributed by atoms with E-state index in [1.165, 1.54) is 11.8 Å². The quantitative estimate of drug-likeness (QED) is 0.316. The number of amides is 2. The molecule has 0 aliphatic carbocycles. The van der Waals surface area contributed by atoms with Crippen LogP contribution in [0, 0.1) is 0 Å². The number of nitrogens with one attached hydrogen (secondary N) is 2. The lowest BCUT2D eigenvalue weighted by Crippen LogP contribution is -2.24. The molecule has 4 rings (SSSR count). The predicted octanol–water partition coefficient (Wildman–Crippen LogP) is 3.95. The maximum absolute atomic E-state index is 12.6. The van der Waals surface area contributed by atoms with Crippen LogP contribution < -0.4 is 20.1 Å². The zero-order valence-corrected chi connectivity index (χ0v) is 20.6. The Morgan fingerprint density at radius 3 is 2.33 bits per heavy atom. The lowest BCUT2D eigenvalue weighted by atomic mass is 10.2. The number of aromatic nitrogens is 3. The Morgan fingerprint density at radius 1 is 0.889 bits per heavy atom. The van der Waals surface area contributed by atoms with Crippen LogP contribution in [-0.2, 0) is 11.3 Å². The number of thioether (sulfide) groups is 1. The second-order valence-electron chi connectivity index (χ2n) is 7.52. The minimum Gasteiger partial charge on any atom is -0.497 e. The number of ether oxygens (including phenoxy) is 2. The summed E-state index contributed by atoms with van der Waals surface area (Å²) >= 11 is 1.23. The lowest BCUT2D eigenvalue weighted by molar-refractivity contribution is -0.113. The normalized spacial score (nSPS) is 10.5. The molecule has 0 spiro atoms. The molecule has 0 bridgehead atoms. The van der Waals surface area contributed by atoms with Crippen molar-refractivity contribution in [3.8, 4) is 17.2 Å². The van der Waals surface area contributed by atoms with Crippen molar-refractivity contribution in [3.05, 3.63) is 90.3 Å². The van der Waals surface area contributed by atoms with Gasteiger partial charge in [0, 0.05) is 11.3 Å². The second kappa shape index (κ2) is 11.9. The summed E-state index contributed by atoms with van der Waals surface area (Å²) in [5.74, 6) is 1.51. The molecule has 0 atom stereocenters. The Kier molecular flexibility index (Phi) is 8.20. The molecule has 0 unspecified atom stereocenters. The Bertz CT molecular complexity index is 1330. The van der Waals surface area contributed by atoms with Crippen molar-refractivity contribution in [1.29, 1.82) is 0 Å². The van der Waals surface area contributed by atoms with E-state index < -0.39 is 0 Å². The number of anilines is 1. The monoisotopic (exact) mass is 503 g/mol. The SMILES string of the molecule is COc1ccc(NC(=O)CSc2nnc(CNC(=O)c3ccccc3)n2-c2ccccc2OC)cc1. The van der Waals surface area contributed by atoms with Gasteiger partial charge in [0.2, 0.25) is 5.91 Å². The summed E-state index contributed by atoms with van der Waals surface area (Å²) in [6.07, 6.45) is 0. The van der Waals surface area contributed by atoms with Crippen LogP contribution in [0.2, 0.25) is 0 Å². The first-order valence-electron chi connectivity index (χ1n) is 11.1. The summed E-state index contributed by atoms with van der Waals surface area (Å²) in [4.78, 5) is 25.2. The molecular weight excluding hydrogens is 478 g/mol. The number of hydrogen-bond acceptors (Lipinski definition) is 7. The van der Waals surface area contributed by atoms with Crippen LogP contribution >= 0.6 is 11.8 Å². The maximum Gasteiger partial charge on any atom is 0.251 e. The van der Waals surface area contributed by atoms with Gasteiger partial charge in [0.15, 0.2) is 11.0 Å². The van der Waals surface area contributed by atoms with Gasteiger partial charge < -0.3 is 20.1 Å². The average Bonchev–Trinajstić information content (AvgIpc) is 3.34. The molecule has 4 aromatic rings. The highest BCUT2D eigenvalue weighted by molar-refractivity contribution is 7.99. The smallest absolute Gasteiger partial charge is 0.251 e. The van der Waals surface area contributed by atoms with Crippen molar-refractivity contribution in [1.82, 2.24) is 20.1 Å². The van der Waals surface area contributed by atoms with Gasteiger partial charge in [0.25, 0.3) is 5.91 Å². The number of methoxy groups -OCH3 is 2. The van der Waals surface area contributed by atoms with Gasteiger partial charge in [-0.2, -0.15) is 0 Å². The number of carbonyl (C=O) groups is 2. The molecule has 3 aromatic carbocycles. The van der Waals surface area contributed by atoms with Gasteiger partial charge in [0.05, 0.1) is 32.2 Å². The molecule has 184 valence electrons. The van der Waals surface area contributed by atoms with Gasteiger partial charge in [-0.3, -0.25) is 14.2 Å². The fraction of sp³-hybridized carbons (Fsp3) is 0.154. The number of para-hydroxylation sites is 2. The summed E-state index contributed by atoms with van der Waals surface area (Å²) in [7, 11) is 3.17. The largest absolute Gasteiger partial charge is 0.497 e. The van der Waals surface area contributed by atoms with Crippen molar-refractivity contribution in [2.24, 2.45) is 0 Å². The van der Waals surface area contributed by atoms with Gasteiger partial charge >= 0.3 is 0 Å². The third kappa shape index (κ3) is 6.02. The number of hydrogen-bond donors (Lipinski definition) is 2. The van der Waals surface area contributed by atoms with E-state index in [0.717, 1.165) is 0 Å². The summed E-state index contributed by atoms with van der Waals surface area (Å²) in [5, 5.41) is 14.8. The van der Waals surface area contributed by atoms with E-state index in [1.807, 2.05) is 30.3 Å². The molecular formula is C26H25N5O4S. The van der Waals surface area contributed by atoms with Gasteiger partial charge in [-0.1, -0.05) is 42.1 Å². The van der Waals surface area contributed by atoms with Gasteiger partial charge in [-0.25, -0.2) is 0 Å². The first kappa shape index (κ1) is 24.8. The minimum atomic E-state index is -0.224. The van der Waals surface area contributed by atoms with Crippen LogP contribution in [0.25, 0.3) is 5.69 Å². The van der Waals surface area contributed by atoms with E-state index in [-0.39, 0.29) is 24.1 Å². The maximum atomic E-state index is 12.6. The fourth-order valence-corrected chi connectivity index (χ4v) is 4.18. The molecule has 0 aliphatic rings. The van der Waals surface area contributed by atoms with Crippen molar-refractivity contribution in [3.63, 3.8) is 0 Å². The number of benzene rings is 3. The fourth-order valence-electron chi connectivity index (χ4n) is 3.42. The lowest BCUT2D eigenvalue weighted by Gasteiger charge is -2.14. The number of nitrogens with zero attached hydrogens (tertiary/aromatic N) is 3. The molecule has 0 saturated heterocycles. The summed E-state index contributed by atoms with van der Waals surface area (Å²) in [5.41, 5.74) is 1.91. The molecule has 36 heavy (non-hydrogen) atoms. The van der Waals surface area contributed by atoms with Gasteiger partial charge in [-0.05, 0) is 48.5 Å². The number of carbonyl (C=O) groups excluding carboxylic acids is 2. The van der Waals surface area contributed by atoms with E-state index in [4.69, 9.17) is 9.47 Å². The molecule has 9 nitrogen and oxygen atoms in total. The number of rotatable bonds is 10. The van der Waals surface area contributed by atoms with Crippen LogP contribution in [0.5, 0.6) is 11.5 Å². The minimum absolute atomic E-state index is 0.107. The Morgan fingerprint density at radius 2 is 1.61 bits per heavy atom. The molecule has 0 radical (unpaired) electrons. The van der Waals surface area contributed by atoms with Gasteiger partial charge in [0.1, 0.15) is 11.5 Å². The van der Waals surface area contributed by atoms with Crippen molar-refractivity contribution in [2.75, 3.05) is 25.3 Å². The molecule has 2 amide bonds. The predicted molar refractivity (Wildman–Crippen MR) is 138 cm³/mol. The highest BCUT2D eigenvalue weighted by atomic mass is 32.2. The molecule has 0 fully saturated rings. The zero-order valence-electron chi connectivity index (χ0n) is 19.8. The molecule has 1 aromatic heterocycles. The van der Waals surface area contributed by atoms with E-state index in [0.29, 0.717) is 39.4 Å². The van der Waals surface area contributed by atoms with Crippen LogP contribution in [0.4, 0.5) is 5.69 Å². The van der Waals surface area contributed by atoms with E-state index in [9.17, 15) is 9.59 Å². The van der Waals surface area contributed by atoms with E-state index in [2.05, 4.69) is 20.8 Å². The van der Waals surface area contributed by atoms with Crippen LogP contribution in [0.1, 0.15) is 16.2 Å². The van der Waals surface area contributed by atoms with Crippen LogP contribution in [-0.4, -0.2) is 46.6 Å². The van der Waals surface area contributed by atoms with Crippen molar-refractivity contribution >= 4 is 29.3 Å². The highest BCUT2D eigenvalue weighted by Gasteiger charge is 2.19. The third-order valence-corrected chi connectivity index (χ3v) is 6.10. The average molecular weight is 504 g/mol. The summed E-state index contributed by atoms with van der Waals surface area (Å²) < 4.78 is 12.5. The van der Waals surface area contributed by atoms with Crippen LogP contribution in [0.3, 0.4) is 0 Å². The van der Waals surface area contributed by atoms with Crippen LogP contribution in [0.15, 0.2) is 84.0 Å². The topological polar surface area (TPSA) is 107 Å². The third-order valence-electron chi connectivity index (χ3n) is 5.18. The second-order valence-corrected chi connectivity index (χ2v) is 8.46. The zero-order chi connectivity index (χ0) is 25.3. The first-order chi connectivity index (χ1) is 17.6. The first-order valence-corrected chi connectivity index (χ1v) is 12.0. The van der Waals surface area contributed by atoms with E-state index >= 15 is 0 Å². The molecule has 1 heterocycles.